The van der Waals surface area contributed by atoms with E-state index in [4.69, 9.17) is 39.3 Å². The average molecular weight is 608 g/mol. The molecule has 12 heteroatoms. The minimum Gasteiger partial charge on any atom is -0.384 e. The van der Waals surface area contributed by atoms with Crippen molar-refractivity contribution >= 4 is 57.7 Å². The minimum absolute atomic E-state index is 0.0357. The summed E-state index contributed by atoms with van der Waals surface area (Å²) in [7, 11) is 1.98. The lowest BCUT2D eigenvalue weighted by Crippen LogP contribution is -2.51. The van der Waals surface area contributed by atoms with E-state index in [0.717, 1.165) is 35.3 Å². The molecule has 0 radical (unpaired) electrons. The molecule has 218 valence electrons. The van der Waals surface area contributed by atoms with Gasteiger partial charge in [-0.2, -0.15) is 0 Å². The summed E-state index contributed by atoms with van der Waals surface area (Å²) in [5.41, 5.74) is 13.1. The largest absolute Gasteiger partial charge is 0.384 e. The Morgan fingerprint density at radius 2 is 1.74 bits per heavy atom. The van der Waals surface area contributed by atoms with E-state index in [-0.39, 0.29) is 23.8 Å². The number of nitrogens with two attached hydrogens (primary N) is 1. The van der Waals surface area contributed by atoms with Crippen molar-refractivity contribution in [2.45, 2.75) is 31.7 Å². The number of hydrogen-bond acceptors (Lipinski definition) is 5. The first-order valence-electron chi connectivity index (χ1n) is 13.6. The van der Waals surface area contributed by atoms with Crippen LogP contribution in [0.25, 0.3) is 11.0 Å². The Morgan fingerprint density at radius 1 is 1.02 bits per heavy atom. The smallest absolute Gasteiger partial charge is 0.319 e. The number of carbonyl (C=O) groups excluding carboxylic acids is 2. The second kappa shape index (κ2) is 12.8. The molecule has 1 fully saturated rings. The van der Waals surface area contributed by atoms with Crippen molar-refractivity contribution in [1.82, 2.24) is 25.3 Å². The standard InChI is InChI=1S/C30H32Cl2N8O2/c1-39-25-11-10-20(17-24(25)36-26(39)12-7-18-5-8-19(9-6-18)28(33)34)29(41)38-40-15-13-21(14-16-40)35-30(42)37-23-4-2-3-22(31)27(23)32/h2-6,8-11,17,21H,7,12-16H2,1H3,(H3,33,34)(H,38,41)(H2,35,37,42). The van der Waals surface area contributed by atoms with Crippen LogP contribution < -0.4 is 21.8 Å². The number of rotatable bonds is 8. The summed E-state index contributed by atoms with van der Waals surface area (Å²) < 4.78 is 2.05. The van der Waals surface area contributed by atoms with Gasteiger partial charge in [-0.25, -0.2) is 14.8 Å². The van der Waals surface area contributed by atoms with Crippen LogP contribution >= 0.6 is 23.2 Å². The van der Waals surface area contributed by atoms with Gasteiger partial charge in [-0.1, -0.05) is 53.5 Å². The Morgan fingerprint density at radius 3 is 2.45 bits per heavy atom. The molecule has 2 heterocycles. The molecule has 4 aromatic rings. The highest BCUT2D eigenvalue weighted by Crippen LogP contribution is 2.29. The van der Waals surface area contributed by atoms with Gasteiger partial charge in [-0.3, -0.25) is 15.6 Å². The lowest BCUT2D eigenvalue weighted by Gasteiger charge is -2.32. The van der Waals surface area contributed by atoms with Crippen LogP contribution in [0.5, 0.6) is 0 Å². The zero-order valence-corrected chi connectivity index (χ0v) is 24.6. The van der Waals surface area contributed by atoms with Crippen LogP contribution in [0.3, 0.4) is 0 Å². The normalized spacial score (nSPS) is 14.1. The number of fused-ring (bicyclic) bond motifs is 1. The highest BCUT2D eigenvalue weighted by molar-refractivity contribution is 6.43. The number of amides is 3. The first kappa shape index (κ1) is 29.4. The summed E-state index contributed by atoms with van der Waals surface area (Å²) in [6.45, 7) is 1.19. The molecule has 6 N–H and O–H groups in total. The molecule has 1 aliphatic heterocycles. The number of nitrogens with zero attached hydrogens (tertiary/aromatic N) is 3. The Labute approximate surface area is 253 Å². The van der Waals surface area contributed by atoms with E-state index in [1.54, 1.807) is 18.2 Å². The van der Waals surface area contributed by atoms with Gasteiger partial charge in [0.2, 0.25) is 0 Å². The van der Waals surface area contributed by atoms with Crippen LogP contribution in [0, 0.1) is 5.41 Å². The summed E-state index contributed by atoms with van der Waals surface area (Å²) in [4.78, 5) is 30.3. The zero-order valence-electron chi connectivity index (χ0n) is 23.1. The number of aromatic nitrogens is 2. The third-order valence-electron chi connectivity index (χ3n) is 7.43. The highest BCUT2D eigenvalue weighted by Gasteiger charge is 2.23. The molecule has 1 aromatic heterocycles. The molecule has 0 saturated carbocycles. The molecular formula is C30H32Cl2N8O2. The molecule has 10 nitrogen and oxygen atoms in total. The molecule has 1 saturated heterocycles. The highest BCUT2D eigenvalue weighted by atomic mass is 35.5. The van der Waals surface area contributed by atoms with Gasteiger partial charge in [0.1, 0.15) is 11.7 Å². The second-order valence-corrected chi connectivity index (χ2v) is 11.1. The minimum atomic E-state index is -0.351. The number of nitrogen functional groups attached to an aromatic ring is 1. The van der Waals surface area contributed by atoms with Crippen molar-refractivity contribution in [1.29, 1.82) is 5.41 Å². The van der Waals surface area contributed by atoms with E-state index in [2.05, 4.69) is 20.6 Å². The van der Waals surface area contributed by atoms with Crippen molar-refractivity contribution in [3.8, 4) is 0 Å². The Kier molecular flexibility index (Phi) is 8.96. The van der Waals surface area contributed by atoms with Crippen molar-refractivity contribution in [3.05, 3.63) is 93.2 Å². The number of halogens is 2. The third kappa shape index (κ3) is 6.84. The molecule has 3 amide bonds. The Hall–Kier alpha value is -4.12. The fraction of sp³-hybridized carbons (Fsp3) is 0.267. The molecule has 42 heavy (non-hydrogen) atoms. The molecule has 0 aliphatic carbocycles. The zero-order chi connectivity index (χ0) is 29.8. The molecule has 3 aromatic carbocycles. The van der Waals surface area contributed by atoms with E-state index >= 15 is 0 Å². The number of amidine groups is 1. The summed E-state index contributed by atoms with van der Waals surface area (Å²) in [5.74, 6) is 0.781. The monoisotopic (exact) mass is 606 g/mol. The van der Waals surface area contributed by atoms with E-state index in [9.17, 15) is 9.59 Å². The quantitative estimate of drug-likeness (QED) is 0.143. The lowest BCUT2D eigenvalue weighted by atomic mass is 10.1. The maximum atomic E-state index is 13.0. The fourth-order valence-corrected chi connectivity index (χ4v) is 5.36. The van der Waals surface area contributed by atoms with Crippen LogP contribution in [-0.4, -0.2) is 51.5 Å². The topological polar surface area (TPSA) is 141 Å². The maximum absolute atomic E-state index is 13.0. The van der Waals surface area contributed by atoms with Crippen LogP contribution in [0.4, 0.5) is 10.5 Å². The van der Waals surface area contributed by atoms with Gasteiger partial charge in [0.25, 0.3) is 5.91 Å². The number of anilines is 1. The van der Waals surface area contributed by atoms with E-state index in [0.29, 0.717) is 52.8 Å². The van der Waals surface area contributed by atoms with Crippen molar-refractivity contribution in [2.24, 2.45) is 12.8 Å². The van der Waals surface area contributed by atoms with E-state index in [1.165, 1.54) is 0 Å². The van der Waals surface area contributed by atoms with Gasteiger partial charge in [-0.05, 0) is 55.2 Å². The Balaban J connectivity index is 1.12. The van der Waals surface area contributed by atoms with Crippen molar-refractivity contribution in [2.75, 3.05) is 18.4 Å². The van der Waals surface area contributed by atoms with Crippen LogP contribution in [0.1, 0.15) is 40.2 Å². The van der Waals surface area contributed by atoms with Gasteiger partial charge in [0.15, 0.2) is 0 Å². The first-order chi connectivity index (χ1) is 20.2. The van der Waals surface area contributed by atoms with Crippen LogP contribution in [-0.2, 0) is 19.9 Å². The van der Waals surface area contributed by atoms with Gasteiger partial charge >= 0.3 is 6.03 Å². The molecule has 5 rings (SSSR count). The number of hydrogen-bond donors (Lipinski definition) is 5. The predicted molar refractivity (Wildman–Crippen MR) is 166 cm³/mol. The predicted octanol–water partition coefficient (Wildman–Crippen LogP) is 4.88. The SMILES string of the molecule is Cn1c(CCc2ccc(C(=N)N)cc2)nc2cc(C(=O)NN3CCC(NC(=O)Nc4cccc(Cl)c4Cl)CC3)ccc21. The second-order valence-electron chi connectivity index (χ2n) is 10.3. The number of carbonyl (C=O) groups is 2. The average Bonchev–Trinajstić information content (AvgIpc) is 3.30. The van der Waals surface area contributed by atoms with Gasteiger partial charge in [0.05, 0.1) is 26.8 Å². The van der Waals surface area contributed by atoms with Gasteiger partial charge in [0, 0.05) is 43.7 Å². The first-order valence-corrected chi connectivity index (χ1v) is 14.4. The summed E-state index contributed by atoms with van der Waals surface area (Å²) in [5, 5.41) is 15.8. The number of nitrogens with one attached hydrogen (secondary N) is 4. The number of aryl methyl sites for hydroxylation is 3. The van der Waals surface area contributed by atoms with Gasteiger partial charge < -0.3 is 20.9 Å². The fourth-order valence-electron chi connectivity index (χ4n) is 5.01. The molecule has 0 unspecified atom stereocenters. The Bertz CT molecular complexity index is 1630. The number of urea groups is 1. The van der Waals surface area contributed by atoms with Gasteiger partial charge in [-0.15, -0.1) is 0 Å². The molecule has 0 atom stereocenters. The number of hydrazine groups is 1. The van der Waals surface area contributed by atoms with Crippen molar-refractivity contribution in [3.63, 3.8) is 0 Å². The molecule has 0 bridgehead atoms. The summed E-state index contributed by atoms with van der Waals surface area (Å²) in [6, 6.07) is 17.9. The van der Waals surface area contributed by atoms with Crippen LogP contribution in [0.15, 0.2) is 60.7 Å². The third-order valence-corrected chi connectivity index (χ3v) is 8.25. The van der Waals surface area contributed by atoms with E-state index < -0.39 is 0 Å². The number of piperidine rings is 1. The van der Waals surface area contributed by atoms with Crippen LogP contribution in [0.2, 0.25) is 10.0 Å². The van der Waals surface area contributed by atoms with Crippen molar-refractivity contribution < 1.29 is 9.59 Å². The summed E-state index contributed by atoms with van der Waals surface area (Å²) >= 11 is 12.2. The molecule has 1 aliphatic rings. The number of benzene rings is 3. The molecule has 0 spiro atoms. The number of imidazole rings is 1. The maximum Gasteiger partial charge on any atom is 0.319 e. The molecular weight excluding hydrogens is 575 g/mol. The summed E-state index contributed by atoms with van der Waals surface area (Å²) in [6.07, 6.45) is 2.89. The van der Waals surface area contributed by atoms with E-state index in [1.807, 2.05) is 54.5 Å². The lowest BCUT2D eigenvalue weighted by molar-refractivity contribution is 0.0727.